The van der Waals surface area contributed by atoms with Gasteiger partial charge in [-0.15, -0.1) is 10.2 Å². The van der Waals surface area contributed by atoms with Crippen LogP contribution in [0, 0.1) is 20.8 Å². The number of aromatic nitrogens is 2. The summed E-state index contributed by atoms with van der Waals surface area (Å²) < 4.78 is 29.5. The molecule has 1 atom stereocenters. The van der Waals surface area contributed by atoms with Crippen molar-refractivity contribution in [3.05, 3.63) is 94.0 Å². The van der Waals surface area contributed by atoms with Crippen LogP contribution >= 0.6 is 22.9 Å². The smallest absolute Gasteiger partial charge is 0.244 e. The number of nitrogens with one attached hydrogen (secondary N) is 2. The van der Waals surface area contributed by atoms with Gasteiger partial charge in [0.2, 0.25) is 21.1 Å². The van der Waals surface area contributed by atoms with Crippen molar-refractivity contribution in [1.29, 1.82) is 0 Å². The molecule has 2 N–H and O–H groups in total. The number of amides is 1. The van der Waals surface area contributed by atoms with E-state index in [1.54, 1.807) is 26.0 Å². The number of hydrogen-bond acceptors (Lipinski definition) is 6. The maximum atomic E-state index is 13.4. The second-order valence-electron chi connectivity index (χ2n) is 8.50. The number of halogens is 1. The molecule has 0 saturated carbocycles. The molecule has 0 spiro atoms. The number of nitrogens with zero attached hydrogens (tertiary/aromatic N) is 2. The minimum Gasteiger partial charge on any atom is -0.299 e. The molecule has 10 heteroatoms. The van der Waals surface area contributed by atoms with Gasteiger partial charge < -0.3 is 0 Å². The highest BCUT2D eigenvalue weighted by Crippen LogP contribution is 2.28. The molecule has 1 aromatic heterocycles. The molecule has 0 bridgehead atoms. The van der Waals surface area contributed by atoms with E-state index in [-0.39, 0.29) is 16.4 Å². The average molecular weight is 541 g/mol. The number of rotatable bonds is 8. The van der Waals surface area contributed by atoms with Crippen LogP contribution in [0.5, 0.6) is 0 Å². The highest BCUT2D eigenvalue weighted by Gasteiger charge is 2.29. The van der Waals surface area contributed by atoms with Crippen molar-refractivity contribution in [2.75, 3.05) is 5.32 Å². The number of carbonyl (C=O) groups excluding carboxylic acids is 1. The van der Waals surface area contributed by atoms with Crippen LogP contribution in [0.25, 0.3) is 10.6 Å². The number of benzene rings is 3. The molecule has 0 aliphatic heterocycles. The molecule has 0 radical (unpaired) electrons. The fourth-order valence-electron chi connectivity index (χ4n) is 4.05. The summed E-state index contributed by atoms with van der Waals surface area (Å²) in [5, 5.41) is 12.4. The van der Waals surface area contributed by atoms with E-state index in [0.29, 0.717) is 21.2 Å². The maximum Gasteiger partial charge on any atom is 0.244 e. The Kier molecular flexibility index (Phi) is 7.85. The Balaban J connectivity index is 1.60. The minimum absolute atomic E-state index is 0.165. The van der Waals surface area contributed by atoms with Crippen LogP contribution in [0.4, 0.5) is 5.13 Å². The summed E-state index contributed by atoms with van der Waals surface area (Å²) >= 11 is 7.14. The highest BCUT2D eigenvalue weighted by molar-refractivity contribution is 7.89. The molecule has 0 aliphatic rings. The lowest BCUT2D eigenvalue weighted by Gasteiger charge is -2.20. The van der Waals surface area contributed by atoms with Crippen LogP contribution in [-0.4, -0.2) is 30.6 Å². The summed E-state index contributed by atoms with van der Waals surface area (Å²) in [5.41, 5.74) is 3.84. The highest BCUT2D eigenvalue weighted by atomic mass is 35.5. The summed E-state index contributed by atoms with van der Waals surface area (Å²) in [4.78, 5) is 13.5. The molecule has 0 fully saturated rings. The summed E-state index contributed by atoms with van der Waals surface area (Å²) in [6, 6.07) is 18.9. The predicted molar refractivity (Wildman–Crippen MR) is 144 cm³/mol. The van der Waals surface area contributed by atoms with E-state index in [0.717, 1.165) is 16.7 Å². The number of carbonyl (C=O) groups is 1. The molecular formula is C26H25ClN4O3S2. The zero-order valence-electron chi connectivity index (χ0n) is 19.9. The standard InChI is InChI=1S/C26H25ClN4O3S2/c1-16-13-17(2)23(18(3)14-16)36(33,34)31-22(15-19-7-5-4-6-8-19)24(32)28-26-30-29-25(35-26)20-9-11-21(27)12-10-20/h4-14,22,31H,15H2,1-3H3,(H,28,30,32). The Morgan fingerprint density at radius 2 is 1.61 bits per heavy atom. The van der Waals surface area contributed by atoms with Gasteiger partial charge in [-0.3, -0.25) is 10.1 Å². The lowest BCUT2D eigenvalue weighted by molar-refractivity contribution is -0.117. The van der Waals surface area contributed by atoms with Crippen LogP contribution in [0.1, 0.15) is 22.3 Å². The van der Waals surface area contributed by atoms with Crippen molar-refractivity contribution in [2.24, 2.45) is 0 Å². The first kappa shape index (κ1) is 26.0. The molecular weight excluding hydrogens is 516 g/mol. The molecule has 186 valence electrons. The maximum absolute atomic E-state index is 13.4. The third-order valence-electron chi connectivity index (χ3n) is 5.52. The van der Waals surface area contributed by atoms with Crippen LogP contribution in [0.2, 0.25) is 5.02 Å². The minimum atomic E-state index is -3.99. The summed E-state index contributed by atoms with van der Waals surface area (Å²) in [5.74, 6) is -0.524. The van der Waals surface area contributed by atoms with Crippen molar-refractivity contribution in [1.82, 2.24) is 14.9 Å². The Morgan fingerprint density at radius 3 is 2.25 bits per heavy atom. The van der Waals surface area contributed by atoms with Gasteiger partial charge in [0.05, 0.1) is 4.90 Å². The summed E-state index contributed by atoms with van der Waals surface area (Å²) in [6.07, 6.45) is 0.165. The molecule has 1 amide bonds. The third-order valence-corrected chi connectivity index (χ3v) is 8.43. The Hall–Kier alpha value is -3.11. The van der Waals surface area contributed by atoms with Gasteiger partial charge in [-0.25, -0.2) is 8.42 Å². The zero-order valence-corrected chi connectivity index (χ0v) is 22.3. The van der Waals surface area contributed by atoms with Crippen molar-refractivity contribution in [3.63, 3.8) is 0 Å². The van der Waals surface area contributed by atoms with E-state index < -0.39 is 22.0 Å². The van der Waals surface area contributed by atoms with Gasteiger partial charge in [-0.2, -0.15) is 4.72 Å². The van der Waals surface area contributed by atoms with E-state index >= 15 is 0 Å². The Bertz CT molecular complexity index is 1460. The molecule has 0 saturated heterocycles. The normalized spacial score (nSPS) is 12.3. The molecule has 7 nitrogen and oxygen atoms in total. The first-order valence-electron chi connectivity index (χ1n) is 11.2. The number of sulfonamides is 1. The molecule has 36 heavy (non-hydrogen) atoms. The Labute approximate surface area is 219 Å². The van der Waals surface area contributed by atoms with Gasteiger partial charge >= 0.3 is 0 Å². The first-order valence-corrected chi connectivity index (χ1v) is 13.8. The van der Waals surface area contributed by atoms with Crippen molar-refractivity contribution in [3.8, 4) is 10.6 Å². The van der Waals surface area contributed by atoms with E-state index in [4.69, 9.17) is 11.6 Å². The lowest BCUT2D eigenvalue weighted by atomic mass is 10.1. The van der Waals surface area contributed by atoms with Crippen molar-refractivity contribution in [2.45, 2.75) is 38.1 Å². The number of hydrogen-bond donors (Lipinski definition) is 2. The van der Waals surface area contributed by atoms with Crippen LogP contribution in [0.3, 0.4) is 0 Å². The monoisotopic (exact) mass is 540 g/mol. The van der Waals surface area contributed by atoms with Gasteiger partial charge in [0.25, 0.3) is 0 Å². The molecule has 1 unspecified atom stereocenters. The second kappa shape index (κ2) is 10.9. The summed E-state index contributed by atoms with van der Waals surface area (Å²) in [7, 11) is -3.99. The van der Waals surface area contributed by atoms with Gasteiger partial charge in [-0.1, -0.05) is 83.1 Å². The van der Waals surface area contributed by atoms with Crippen molar-refractivity contribution >= 4 is 44.0 Å². The predicted octanol–water partition coefficient (Wildman–Crippen LogP) is 5.31. The molecule has 4 rings (SSSR count). The van der Waals surface area contributed by atoms with E-state index in [1.807, 2.05) is 61.5 Å². The lowest BCUT2D eigenvalue weighted by Crippen LogP contribution is -2.45. The van der Waals surface area contributed by atoms with Crippen LogP contribution in [-0.2, 0) is 21.2 Å². The quantitative estimate of drug-likeness (QED) is 0.315. The molecule has 4 aromatic rings. The fraction of sp³-hybridized carbons (Fsp3) is 0.192. The number of aryl methyl sites for hydroxylation is 3. The largest absolute Gasteiger partial charge is 0.299 e. The van der Waals surface area contributed by atoms with Gasteiger partial charge in [0.15, 0.2) is 0 Å². The van der Waals surface area contributed by atoms with Crippen LogP contribution in [0.15, 0.2) is 71.6 Å². The van der Waals surface area contributed by atoms with Gasteiger partial charge in [0.1, 0.15) is 11.0 Å². The van der Waals surface area contributed by atoms with Gasteiger partial charge in [0, 0.05) is 10.6 Å². The van der Waals surface area contributed by atoms with Crippen molar-refractivity contribution < 1.29 is 13.2 Å². The average Bonchev–Trinajstić information content (AvgIpc) is 3.27. The first-order chi connectivity index (χ1) is 17.1. The molecule has 0 aliphatic carbocycles. The van der Waals surface area contributed by atoms with E-state index in [9.17, 15) is 13.2 Å². The Morgan fingerprint density at radius 1 is 0.972 bits per heavy atom. The SMILES string of the molecule is Cc1cc(C)c(S(=O)(=O)NC(Cc2ccccc2)C(=O)Nc2nnc(-c3ccc(Cl)cc3)s2)c(C)c1. The zero-order chi connectivity index (χ0) is 25.9. The van der Waals surface area contributed by atoms with E-state index in [2.05, 4.69) is 20.2 Å². The second-order valence-corrected chi connectivity index (χ2v) is 11.6. The fourth-order valence-corrected chi connectivity index (χ4v) is 6.58. The van der Waals surface area contributed by atoms with Gasteiger partial charge in [-0.05, 0) is 56.0 Å². The van der Waals surface area contributed by atoms with Crippen LogP contribution < -0.4 is 10.0 Å². The third kappa shape index (κ3) is 6.17. The molecule has 1 heterocycles. The number of anilines is 1. The van der Waals surface area contributed by atoms with E-state index in [1.165, 1.54) is 11.3 Å². The molecule has 3 aromatic carbocycles. The summed E-state index contributed by atoms with van der Waals surface area (Å²) in [6.45, 7) is 5.41. The topological polar surface area (TPSA) is 101 Å².